The molecule has 2 N–H and O–H groups in total. The number of amides is 2. The van der Waals surface area contributed by atoms with Crippen LogP contribution in [-0.2, 0) is 9.59 Å². The molecule has 0 aliphatic carbocycles. The van der Waals surface area contributed by atoms with Gasteiger partial charge in [0.05, 0.1) is 0 Å². The summed E-state index contributed by atoms with van der Waals surface area (Å²) in [5.41, 5.74) is 0.705. The van der Waals surface area contributed by atoms with Crippen LogP contribution in [0.2, 0.25) is 0 Å². The molecular weight excluding hydrogens is 352 g/mol. The molecule has 0 bridgehead atoms. The van der Waals surface area contributed by atoms with Crippen molar-refractivity contribution >= 4 is 56.8 Å². The molecule has 1 unspecified atom stereocenters. The van der Waals surface area contributed by atoms with Crippen LogP contribution in [0, 0.1) is 0 Å². The molecule has 21 heavy (non-hydrogen) atoms. The van der Waals surface area contributed by atoms with Crippen LogP contribution in [0.5, 0.6) is 0 Å². The van der Waals surface area contributed by atoms with Crippen LogP contribution in [0.25, 0.3) is 10.8 Å². The zero-order chi connectivity index (χ0) is 15.4. The van der Waals surface area contributed by atoms with Gasteiger partial charge in [0.25, 0.3) is 0 Å². The molecule has 2 rings (SSSR count). The first-order chi connectivity index (χ1) is 10.0. The van der Waals surface area contributed by atoms with Gasteiger partial charge in [0, 0.05) is 28.2 Å². The molecule has 6 heteroatoms. The van der Waals surface area contributed by atoms with E-state index in [1.165, 1.54) is 6.92 Å². The van der Waals surface area contributed by atoms with E-state index in [0.717, 1.165) is 15.2 Å². The second kappa shape index (κ2) is 6.95. The number of carbonyl (C=O) groups is 2. The molecular formula is C15H15BrN2O2S. The minimum absolute atomic E-state index is 0.236. The van der Waals surface area contributed by atoms with E-state index in [4.69, 9.17) is 0 Å². The zero-order valence-electron chi connectivity index (χ0n) is 11.4. The highest BCUT2D eigenvalue weighted by molar-refractivity contribution is 9.10. The Morgan fingerprint density at radius 1 is 1.19 bits per heavy atom. The molecule has 0 aliphatic rings. The van der Waals surface area contributed by atoms with Crippen molar-refractivity contribution in [2.45, 2.75) is 13.0 Å². The summed E-state index contributed by atoms with van der Waals surface area (Å²) in [7, 11) is 0. The average molecular weight is 367 g/mol. The lowest BCUT2D eigenvalue weighted by atomic mass is 10.1. The Kier molecular flexibility index (Phi) is 5.25. The number of halogens is 1. The lowest BCUT2D eigenvalue weighted by molar-refractivity contribution is -0.124. The van der Waals surface area contributed by atoms with Crippen molar-refractivity contribution in [1.29, 1.82) is 0 Å². The summed E-state index contributed by atoms with van der Waals surface area (Å²) in [5.74, 6) is -0.308. The van der Waals surface area contributed by atoms with Crippen LogP contribution >= 0.6 is 28.6 Å². The highest BCUT2D eigenvalue weighted by Gasteiger charge is 2.18. The topological polar surface area (TPSA) is 58.2 Å². The van der Waals surface area contributed by atoms with E-state index in [1.807, 2.05) is 36.4 Å². The van der Waals surface area contributed by atoms with E-state index in [9.17, 15) is 9.59 Å². The van der Waals surface area contributed by atoms with Crippen molar-refractivity contribution < 1.29 is 9.59 Å². The Hall–Kier alpha value is -1.53. The van der Waals surface area contributed by atoms with E-state index >= 15 is 0 Å². The first-order valence-corrected chi connectivity index (χ1v) is 7.81. The highest BCUT2D eigenvalue weighted by atomic mass is 79.9. The maximum Gasteiger partial charge on any atom is 0.247 e. The standard InChI is InChI=1S/C15H15BrN2O2S/c1-9(19)17-14(8-21)15(20)18-13-7-6-12(16)10-4-2-3-5-11(10)13/h2-7,14,21H,8H2,1H3,(H,17,19)(H,18,20). The molecule has 0 radical (unpaired) electrons. The molecule has 0 saturated carbocycles. The van der Waals surface area contributed by atoms with Gasteiger partial charge >= 0.3 is 0 Å². The van der Waals surface area contributed by atoms with Crippen molar-refractivity contribution in [1.82, 2.24) is 5.32 Å². The Balaban J connectivity index is 2.29. The van der Waals surface area contributed by atoms with Crippen LogP contribution in [0.4, 0.5) is 5.69 Å². The van der Waals surface area contributed by atoms with Gasteiger partial charge in [-0.15, -0.1) is 0 Å². The van der Waals surface area contributed by atoms with Crippen molar-refractivity contribution in [3.05, 3.63) is 40.9 Å². The van der Waals surface area contributed by atoms with E-state index in [-0.39, 0.29) is 17.6 Å². The van der Waals surface area contributed by atoms with Gasteiger partial charge in [-0.25, -0.2) is 0 Å². The van der Waals surface area contributed by atoms with Crippen molar-refractivity contribution in [2.24, 2.45) is 0 Å². The predicted octanol–water partition coefficient (Wildman–Crippen LogP) is 2.98. The maximum atomic E-state index is 12.2. The number of thiol groups is 1. The molecule has 2 aromatic carbocycles. The predicted molar refractivity (Wildman–Crippen MR) is 91.7 cm³/mol. The minimum Gasteiger partial charge on any atom is -0.344 e. The van der Waals surface area contributed by atoms with Gasteiger partial charge in [-0.1, -0.05) is 40.2 Å². The van der Waals surface area contributed by atoms with Crippen LogP contribution in [0.3, 0.4) is 0 Å². The van der Waals surface area contributed by atoms with E-state index in [0.29, 0.717) is 5.69 Å². The average Bonchev–Trinajstić information content (AvgIpc) is 2.47. The summed E-state index contributed by atoms with van der Waals surface area (Å²) in [4.78, 5) is 23.3. The van der Waals surface area contributed by atoms with Gasteiger partial charge in [-0.3, -0.25) is 9.59 Å². The summed E-state index contributed by atoms with van der Waals surface area (Å²) < 4.78 is 0.962. The molecule has 2 amide bonds. The van der Waals surface area contributed by atoms with E-state index in [2.05, 4.69) is 39.2 Å². The SMILES string of the molecule is CC(=O)NC(CS)C(=O)Nc1ccc(Br)c2ccccc12. The number of hydrogen-bond donors (Lipinski definition) is 3. The second-order valence-electron chi connectivity index (χ2n) is 4.57. The first kappa shape index (κ1) is 15.9. The van der Waals surface area contributed by atoms with Gasteiger partial charge in [-0.2, -0.15) is 12.6 Å². The Morgan fingerprint density at radius 2 is 1.86 bits per heavy atom. The molecule has 110 valence electrons. The lowest BCUT2D eigenvalue weighted by Crippen LogP contribution is -2.44. The van der Waals surface area contributed by atoms with Gasteiger partial charge in [0.1, 0.15) is 6.04 Å². The molecule has 0 fully saturated rings. The number of nitrogens with one attached hydrogen (secondary N) is 2. The highest BCUT2D eigenvalue weighted by Crippen LogP contribution is 2.29. The third-order valence-corrected chi connectivity index (χ3v) is 4.06. The maximum absolute atomic E-state index is 12.2. The first-order valence-electron chi connectivity index (χ1n) is 6.39. The molecule has 4 nitrogen and oxygen atoms in total. The van der Waals surface area contributed by atoms with Crippen LogP contribution in [0.1, 0.15) is 6.92 Å². The summed E-state index contributed by atoms with van der Waals surface area (Å²) in [5, 5.41) is 7.36. The Labute approximate surface area is 136 Å². The fourth-order valence-corrected chi connectivity index (χ4v) is 2.77. The van der Waals surface area contributed by atoms with Crippen LogP contribution in [0.15, 0.2) is 40.9 Å². The molecule has 1 atom stereocenters. The van der Waals surface area contributed by atoms with Gasteiger partial charge in [0.15, 0.2) is 0 Å². The molecule has 0 heterocycles. The summed E-state index contributed by atoms with van der Waals surface area (Å²) in [6.07, 6.45) is 0. The van der Waals surface area contributed by atoms with Crippen molar-refractivity contribution in [3.8, 4) is 0 Å². The van der Waals surface area contributed by atoms with Crippen LogP contribution in [-0.4, -0.2) is 23.6 Å². The lowest BCUT2D eigenvalue weighted by Gasteiger charge is -2.16. The quantitative estimate of drug-likeness (QED) is 0.728. The molecule has 0 aliphatic heterocycles. The van der Waals surface area contributed by atoms with Crippen molar-refractivity contribution in [2.75, 3.05) is 11.1 Å². The van der Waals surface area contributed by atoms with Gasteiger partial charge < -0.3 is 10.6 Å². The summed E-state index contributed by atoms with van der Waals surface area (Å²) in [6.45, 7) is 1.37. The Morgan fingerprint density at radius 3 is 2.48 bits per heavy atom. The number of anilines is 1. The second-order valence-corrected chi connectivity index (χ2v) is 5.78. The number of carbonyl (C=O) groups excluding carboxylic acids is 2. The zero-order valence-corrected chi connectivity index (χ0v) is 13.9. The number of hydrogen-bond acceptors (Lipinski definition) is 3. The largest absolute Gasteiger partial charge is 0.344 e. The fourth-order valence-electron chi connectivity index (χ4n) is 2.03. The van der Waals surface area contributed by atoms with Gasteiger partial charge in [0.2, 0.25) is 11.8 Å². The fraction of sp³-hybridized carbons (Fsp3) is 0.200. The van der Waals surface area contributed by atoms with Crippen LogP contribution < -0.4 is 10.6 Å². The van der Waals surface area contributed by atoms with E-state index < -0.39 is 6.04 Å². The monoisotopic (exact) mass is 366 g/mol. The third kappa shape index (κ3) is 3.77. The summed E-state index contributed by atoms with van der Waals surface area (Å²) >= 11 is 7.59. The molecule has 0 aromatic heterocycles. The number of rotatable bonds is 4. The van der Waals surface area contributed by atoms with Gasteiger partial charge in [-0.05, 0) is 17.5 Å². The van der Waals surface area contributed by atoms with E-state index in [1.54, 1.807) is 0 Å². The molecule has 2 aromatic rings. The number of benzene rings is 2. The normalized spacial score (nSPS) is 12.0. The number of fused-ring (bicyclic) bond motifs is 1. The Bertz CT molecular complexity index is 690. The molecule has 0 spiro atoms. The summed E-state index contributed by atoms with van der Waals surface area (Å²) in [6, 6.07) is 10.8. The third-order valence-electron chi connectivity index (χ3n) is 3.01. The molecule has 0 saturated heterocycles. The smallest absolute Gasteiger partial charge is 0.247 e. The van der Waals surface area contributed by atoms with Crippen molar-refractivity contribution in [3.63, 3.8) is 0 Å². The minimum atomic E-state index is -0.659.